The van der Waals surface area contributed by atoms with Crippen molar-refractivity contribution < 1.29 is 4.39 Å². The fraction of sp³-hybridized carbons (Fsp3) is 0.400. The molecule has 13 heavy (non-hydrogen) atoms. The highest BCUT2D eigenvalue weighted by molar-refractivity contribution is 7.99. The molecule has 0 saturated carbocycles. The van der Waals surface area contributed by atoms with E-state index in [1.54, 1.807) is 23.9 Å². The first-order chi connectivity index (χ1) is 6.11. The predicted octanol–water partition coefficient (Wildman–Crippen LogP) is 3.05. The van der Waals surface area contributed by atoms with Gasteiger partial charge in [-0.1, -0.05) is 19.9 Å². The van der Waals surface area contributed by atoms with Crippen LogP contribution in [0, 0.1) is 5.82 Å². The number of halogens is 1. The van der Waals surface area contributed by atoms with Gasteiger partial charge >= 0.3 is 0 Å². The van der Waals surface area contributed by atoms with E-state index >= 15 is 0 Å². The van der Waals surface area contributed by atoms with E-state index in [4.69, 9.17) is 5.73 Å². The number of anilines is 1. The summed E-state index contributed by atoms with van der Waals surface area (Å²) in [6.45, 7) is 4.17. The lowest BCUT2D eigenvalue weighted by Gasteiger charge is -2.08. The zero-order valence-electron chi connectivity index (χ0n) is 7.88. The van der Waals surface area contributed by atoms with Gasteiger partial charge in [0, 0.05) is 17.0 Å². The molecule has 0 unspecified atom stereocenters. The molecule has 3 heteroatoms. The van der Waals surface area contributed by atoms with Crippen LogP contribution in [0.5, 0.6) is 0 Å². The average molecular weight is 199 g/mol. The summed E-state index contributed by atoms with van der Waals surface area (Å²) < 4.78 is 13.2. The maximum absolute atomic E-state index is 13.2. The Morgan fingerprint density at radius 2 is 2.15 bits per heavy atom. The van der Waals surface area contributed by atoms with Gasteiger partial charge in [-0.05, 0) is 17.4 Å². The molecule has 0 aliphatic rings. The highest BCUT2D eigenvalue weighted by Gasteiger charge is 2.06. The minimum atomic E-state index is -0.201. The van der Waals surface area contributed by atoms with E-state index in [1.807, 2.05) is 0 Å². The van der Waals surface area contributed by atoms with Crippen LogP contribution < -0.4 is 5.73 Å². The molecule has 0 saturated heterocycles. The third-order valence-electron chi connectivity index (χ3n) is 1.72. The number of hydrogen-bond donors (Lipinski definition) is 1. The highest BCUT2D eigenvalue weighted by Crippen LogP contribution is 2.23. The Labute approximate surface area is 82.5 Å². The fourth-order valence-electron chi connectivity index (χ4n) is 0.978. The molecule has 72 valence electrons. The van der Waals surface area contributed by atoms with Crippen LogP contribution in [0.4, 0.5) is 10.1 Å². The molecule has 0 fully saturated rings. The van der Waals surface area contributed by atoms with E-state index in [-0.39, 0.29) is 5.82 Å². The first kappa shape index (κ1) is 10.4. The van der Waals surface area contributed by atoms with E-state index in [2.05, 4.69) is 13.8 Å². The van der Waals surface area contributed by atoms with E-state index in [1.165, 1.54) is 6.07 Å². The summed E-state index contributed by atoms with van der Waals surface area (Å²) in [5, 5.41) is 0.499. The Balaban J connectivity index is 2.75. The fourth-order valence-corrected chi connectivity index (χ4v) is 1.78. The van der Waals surface area contributed by atoms with Crippen molar-refractivity contribution in [1.82, 2.24) is 0 Å². The molecule has 0 aliphatic heterocycles. The van der Waals surface area contributed by atoms with Gasteiger partial charge in [-0.15, -0.1) is 0 Å². The molecular weight excluding hydrogens is 185 g/mol. The second-order valence-corrected chi connectivity index (χ2v) is 4.73. The van der Waals surface area contributed by atoms with Crippen LogP contribution in [0.1, 0.15) is 19.4 Å². The van der Waals surface area contributed by atoms with Crippen molar-refractivity contribution >= 4 is 17.4 Å². The number of rotatable bonds is 3. The molecule has 0 aliphatic carbocycles. The Morgan fingerprint density at radius 1 is 1.46 bits per heavy atom. The Hall–Kier alpha value is -0.700. The van der Waals surface area contributed by atoms with Crippen molar-refractivity contribution in [3.63, 3.8) is 0 Å². The highest BCUT2D eigenvalue weighted by atomic mass is 32.2. The normalized spacial score (nSPS) is 10.8. The third kappa shape index (κ3) is 2.92. The van der Waals surface area contributed by atoms with Crippen LogP contribution in [-0.4, -0.2) is 5.25 Å². The van der Waals surface area contributed by atoms with E-state index in [0.717, 1.165) is 0 Å². The van der Waals surface area contributed by atoms with E-state index in [0.29, 0.717) is 22.3 Å². The number of thioether (sulfide) groups is 1. The van der Waals surface area contributed by atoms with Crippen LogP contribution in [0.3, 0.4) is 0 Å². The monoisotopic (exact) mass is 199 g/mol. The van der Waals surface area contributed by atoms with Crippen LogP contribution in [0.2, 0.25) is 0 Å². The van der Waals surface area contributed by atoms with Gasteiger partial charge in [-0.3, -0.25) is 0 Å². The number of benzene rings is 1. The van der Waals surface area contributed by atoms with Gasteiger partial charge in [0.25, 0.3) is 0 Å². The molecule has 1 rings (SSSR count). The Kier molecular flexibility index (Phi) is 3.60. The summed E-state index contributed by atoms with van der Waals surface area (Å²) in [5.41, 5.74) is 6.83. The standard InChI is InChI=1S/C10H14FNS/c1-7(2)13-6-8-9(11)4-3-5-10(8)12/h3-5,7H,6,12H2,1-2H3. The molecule has 0 amide bonds. The predicted molar refractivity (Wildman–Crippen MR) is 57.2 cm³/mol. The van der Waals surface area contributed by atoms with Crippen molar-refractivity contribution in [3.8, 4) is 0 Å². The van der Waals surface area contributed by atoms with Gasteiger partial charge in [0.1, 0.15) is 5.82 Å². The van der Waals surface area contributed by atoms with Crippen molar-refractivity contribution in [3.05, 3.63) is 29.6 Å². The largest absolute Gasteiger partial charge is 0.398 e. The zero-order chi connectivity index (χ0) is 9.84. The summed E-state index contributed by atoms with van der Waals surface area (Å²) in [6, 6.07) is 4.82. The van der Waals surface area contributed by atoms with Gasteiger partial charge in [0.2, 0.25) is 0 Å². The minimum Gasteiger partial charge on any atom is -0.398 e. The van der Waals surface area contributed by atoms with Gasteiger partial charge in [-0.25, -0.2) is 4.39 Å². The van der Waals surface area contributed by atoms with Crippen LogP contribution in [0.25, 0.3) is 0 Å². The molecule has 1 aromatic rings. The summed E-state index contributed by atoms with van der Waals surface area (Å²) in [5.74, 6) is 0.448. The van der Waals surface area contributed by atoms with E-state index in [9.17, 15) is 4.39 Å². The van der Waals surface area contributed by atoms with Crippen LogP contribution in [0.15, 0.2) is 18.2 Å². The number of nitrogen functional groups attached to an aromatic ring is 1. The molecule has 0 spiro atoms. The number of nitrogens with two attached hydrogens (primary N) is 1. The molecule has 2 N–H and O–H groups in total. The molecule has 0 radical (unpaired) electrons. The smallest absolute Gasteiger partial charge is 0.129 e. The van der Waals surface area contributed by atoms with Crippen molar-refractivity contribution in [2.24, 2.45) is 0 Å². The Bertz CT molecular complexity index is 266. The quantitative estimate of drug-likeness (QED) is 0.757. The van der Waals surface area contributed by atoms with Gasteiger partial charge < -0.3 is 5.73 Å². The maximum atomic E-state index is 13.2. The summed E-state index contributed by atoms with van der Waals surface area (Å²) in [7, 11) is 0. The minimum absolute atomic E-state index is 0.201. The van der Waals surface area contributed by atoms with Gasteiger partial charge in [0.15, 0.2) is 0 Å². The second kappa shape index (κ2) is 4.51. The SMILES string of the molecule is CC(C)SCc1c(N)cccc1F. The third-order valence-corrected chi connectivity index (χ3v) is 2.84. The molecular formula is C10H14FNS. The molecule has 0 heterocycles. The molecule has 1 aromatic carbocycles. The molecule has 1 nitrogen and oxygen atoms in total. The van der Waals surface area contributed by atoms with Crippen LogP contribution >= 0.6 is 11.8 Å². The maximum Gasteiger partial charge on any atom is 0.129 e. The first-order valence-corrected chi connectivity index (χ1v) is 5.30. The zero-order valence-corrected chi connectivity index (χ0v) is 8.70. The summed E-state index contributed by atoms with van der Waals surface area (Å²) in [6.07, 6.45) is 0. The van der Waals surface area contributed by atoms with Crippen molar-refractivity contribution in [1.29, 1.82) is 0 Å². The van der Waals surface area contributed by atoms with Gasteiger partial charge in [0.05, 0.1) is 0 Å². The average Bonchev–Trinajstić information content (AvgIpc) is 2.03. The lowest BCUT2D eigenvalue weighted by Crippen LogP contribution is -1.98. The molecule has 0 aromatic heterocycles. The lowest BCUT2D eigenvalue weighted by molar-refractivity contribution is 0.618. The second-order valence-electron chi connectivity index (χ2n) is 3.17. The van der Waals surface area contributed by atoms with Gasteiger partial charge in [-0.2, -0.15) is 11.8 Å². The lowest BCUT2D eigenvalue weighted by atomic mass is 10.2. The summed E-state index contributed by atoms with van der Waals surface area (Å²) in [4.78, 5) is 0. The molecule has 0 atom stereocenters. The van der Waals surface area contributed by atoms with E-state index < -0.39 is 0 Å². The number of hydrogen-bond acceptors (Lipinski definition) is 2. The van der Waals surface area contributed by atoms with Crippen molar-refractivity contribution in [2.45, 2.75) is 24.9 Å². The van der Waals surface area contributed by atoms with Crippen LogP contribution in [-0.2, 0) is 5.75 Å². The van der Waals surface area contributed by atoms with Crippen molar-refractivity contribution in [2.75, 3.05) is 5.73 Å². The summed E-state index contributed by atoms with van der Waals surface area (Å²) >= 11 is 1.69. The topological polar surface area (TPSA) is 26.0 Å². The Morgan fingerprint density at radius 3 is 2.69 bits per heavy atom. The first-order valence-electron chi connectivity index (χ1n) is 4.25. The molecule has 0 bridgehead atoms.